The van der Waals surface area contributed by atoms with Gasteiger partial charge in [-0.3, -0.25) is 9.59 Å². The topological polar surface area (TPSA) is 58.2 Å². The molecular formula is C18H19BrN2O2. The van der Waals surface area contributed by atoms with Crippen molar-refractivity contribution in [2.75, 3.05) is 11.9 Å². The highest BCUT2D eigenvalue weighted by Gasteiger charge is 2.11. The highest BCUT2D eigenvalue weighted by molar-refractivity contribution is 9.10. The van der Waals surface area contributed by atoms with E-state index in [1.54, 1.807) is 18.2 Å². The van der Waals surface area contributed by atoms with Crippen LogP contribution >= 0.6 is 15.9 Å². The second-order valence-electron chi connectivity index (χ2n) is 5.49. The molecule has 5 heteroatoms. The maximum absolute atomic E-state index is 12.0. The van der Waals surface area contributed by atoms with Crippen molar-refractivity contribution < 1.29 is 9.59 Å². The number of hydrogen-bond acceptors (Lipinski definition) is 2. The minimum atomic E-state index is -0.288. The van der Waals surface area contributed by atoms with Gasteiger partial charge < -0.3 is 10.6 Å². The SMILES string of the molecule is CC(C)c1cccc(NC(=O)CNC(=O)c2ccccc2Br)c1. The third-order valence-corrected chi connectivity index (χ3v) is 4.06. The van der Waals surface area contributed by atoms with E-state index in [1.165, 1.54) is 0 Å². The number of halogens is 1. The first-order chi connectivity index (χ1) is 11.0. The molecule has 0 fully saturated rings. The molecule has 120 valence electrons. The number of rotatable bonds is 5. The number of amides is 2. The molecule has 2 N–H and O–H groups in total. The van der Waals surface area contributed by atoms with Crippen molar-refractivity contribution in [1.82, 2.24) is 5.32 Å². The van der Waals surface area contributed by atoms with E-state index >= 15 is 0 Å². The molecule has 0 spiro atoms. The van der Waals surface area contributed by atoms with Crippen molar-refractivity contribution in [1.29, 1.82) is 0 Å². The fourth-order valence-electron chi connectivity index (χ4n) is 2.08. The molecule has 0 aliphatic heterocycles. The van der Waals surface area contributed by atoms with E-state index in [9.17, 15) is 9.59 Å². The van der Waals surface area contributed by atoms with E-state index in [4.69, 9.17) is 0 Å². The van der Waals surface area contributed by atoms with Gasteiger partial charge in [0.25, 0.3) is 5.91 Å². The normalized spacial score (nSPS) is 10.4. The third kappa shape index (κ3) is 4.93. The highest BCUT2D eigenvalue weighted by atomic mass is 79.9. The van der Waals surface area contributed by atoms with Crippen molar-refractivity contribution in [3.63, 3.8) is 0 Å². The quantitative estimate of drug-likeness (QED) is 0.832. The van der Waals surface area contributed by atoms with Crippen LogP contribution in [0.15, 0.2) is 53.0 Å². The van der Waals surface area contributed by atoms with Crippen molar-refractivity contribution in [2.24, 2.45) is 0 Å². The molecule has 0 aromatic heterocycles. The lowest BCUT2D eigenvalue weighted by molar-refractivity contribution is -0.115. The van der Waals surface area contributed by atoms with Crippen LogP contribution in [-0.2, 0) is 4.79 Å². The van der Waals surface area contributed by atoms with Gasteiger partial charge in [-0.2, -0.15) is 0 Å². The number of carbonyl (C=O) groups excluding carboxylic acids is 2. The van der Waals surface area contributed by atoms with Crippen molar-refractivity contribution in [3.8, 4) is 0 Å². The predicted molar refractivity (Wildman–Crippen MR) is 95.6 cm³/mol. The van der Waals surface area contributed by atoms with Gasteiger partial charge in [0.15, 0.2) is 0 Å². The summed E-state index contributed by atoms with van der Waals surface area (Å²) in [6, 6.07) is 14.8. The lowest BCUT2D eigenvalue weighted by atomic mass is 10.0. The number of hydrogen-bond donors (Lipinski definition) is 2. The average Bonchev–Trinajstić information content (AvgIpc) is 2.53. The molecule has 0 aliphatic rings. The zero-order chi connectivity index (χ0) is 16.8. The molecule has 0 heterocycles. The average molecular weight is 375 g/mol. The Morgan fingerprint density at radius 1 is 1.09 bits per heavy atom. The molecule has 4 nitrogen and oxygen atoms in total. The van der Waals surface area contributed by atoms with Gasteiger partial charge in [0.2, 0.25) is 5.91 Å². The molecule has 23 heavy (non-hydrogen) atoms. The van der Waals surface area contributed by atoms with Gasteiger partial charge in [0, 0.05) is 10.2 Å². The van der Waals surface area contributed by atoms with Gasteiger partial charge in [0.05, 0.1) is 12.1 Å². The Bertz CT molecular complexity index is 714. The molecular weight excluding hydrogens is 356 g/mol. The Morgan fingerprint density at radius 3 is 2.52 bits per heavy atom. The van der Waals surface area contributed by atoms with Crippen LogP contribution in [0.4, 0.5) is 5.69 Å². The van der Waals surface area contributed by atoms with E-state index in [0.29, 0.717) is 16.0 Å². The first kappa shape index (κ1) is 17.2. The Morgan fingerprint density at radius 2 is 1.83 bits per heavy atom. The minimum Gasteiger partial charge on any atom is -0.343 e. The van der Waals surface area contributed by atoms with E-state index in [1.807, 2.05) is 30.3 Å². The van der Waals surface area contributed by atoms with Gasteiger partial charge in [-0.15, -0.1) is 0 Å². The number of nitrogens with one attached hydrogen (secondary N) is 2. The third-order valence-electron chi connectivity index (χ3n) is 3.37. The zero-order valence-corrected chi connectivity index (χ0v) is 14.7. The number of benzene rings is 2. The Kier molecular flexibility index (Phi) is 5.93. The molecule has 0 saturated carbocycles. The molecule has 0 aliphatic carbocycles. The number of carbonyl (C=O) groups is 2. The van der Waals surface area contributed by atoms with Crippen LogP contribution in [0.2, 0.25) is 0 Å². The van der Waals surface area contributed by atoms with Crippen molar-refractivity contribution >= 4 is 33.4 Å². The van der Waals surface area contributed by atoms with Gasteiger partial charge >= 0.3 is 0 Å². The molecule has 0 unspecified atom stereocenters. The standard InChI is InChI=1S/C18H19BrN2O2/c1-12(2)13-6-5-7-14(10-13)21-17(22)11-20-18(23)15-8-3-4-9-16(15)19/h3-10,12H,11H2,1-2H3,(H,20,23)(H,21,22). The molecule has 0 bridgehead atoms. The second-order valence-corrected chi connectivity index (χ2v) is 6.35. The summed E-state index contributed by atoms with van der Waals surface area (Å²) in [6.45, 7) is 4.11. The maximum atomic E-state index is 12.0. The fourth-order valence-corrected chi connectivity index (χ4v) is 2.55. The summed E-state index contributed by atoms with van der Waals surface area (Å²) in [5, 5.41) is 5.41. The van der Waals surface area contributed by atoms with Gasteiger partial charge in [-0.1, -0.05) is 38.1 Å². The van der Waals surface area contributed by atoms with E-state index < -0.39 is 0 Å². The van der Waals surface area contributed by atoms with Crippen LogP contribution in [0.1, 0.15) is 35.7 Å². The van der Waals surface area contributed by atoms with Crippen LogP contribution < -0.4 is 10.6 Å². The second kappa shape index (κ2) is 7.92. The van der Waals surface area contributed by atoms with Crippen LogP contribution in [0.3, 0.4) is 0 Å². The smallest absolute Gasteiger partial charge is 0.252 e. The number of anilines is 1. The lowest BCUT2D eigenvalue weighted by Gasteiger charge is -2.10. The summed E-state index contributed by atoms with van der Waals surface area (Å²) in [6.07, 6.45) is 0. The molecule has 2 aromatic carbocycles. The molecule has 2 aromatic rings. The molecule has 0 atom stereocenters. The summed E-state index contributed by atoms with van der Waals surface area (Å²) < 4.78 is 0.697. The van der Waals surface area contributed by atoms with Crippen LogP contribution in [0.25, 0.3) is 0 Å². The first-order valence-electron chi connectivity index (χ1n) is 7.40. The largest absolute Gasteiger partial charge is 0.343 e. The molecule has 2 rings (SSSR count). The summed E-state index contributed by atoms with van der Waals surface area (Å²) >= 11 is 3.32. The first-order valence-corrected chi connectivity index (χ1v) is 8.19. The molecule has 0 saturated heterocycles. The van der Waals surface area contributed by atoms with Crippen molar-refractivity contribution in [2.45, 2.75) is 19.8 Å². The van der Waals surface area contributed by atoms with Crippen LogP contribution in [-0.4, -0.2) is 18.4 Å². The highest BCUT2D eigenvalue weighted by Crippen LogP contribution is 2.18. The van der Waals surface area contributed by atoms with Gasteiger partial charge in [-0.25, -0.2) is 0 Å². The summed E-state index contributed by atoms with van der Waals surface area (Å²) in [5.74, 6) is -0.156. The van der Waals surface area contributed by atoms with E-state index in [0.717, 1.165) is 11.3 Å². The Balaban J connectivity index is 1.92. The minimum absolute atomic E-state index is 0.0773. The summed E-state index contributed by atoms with van der Waals surface area (Å²) in [4.78, 5) is 24.0. The molecule has 2 amide bonds. The van der Waals surface area contributed by atoms with Crippen LogP contribution in [0.5, 0.6) is 0 Å². The summed E-state index contributed by atoms with van der Waals surface area (Å²) in [5.41, 5.74) is 2.39. The Labute approximate surface area is 144 Å². The van der Waals surface area contributed by atoms with E-state index in [2.05, 4.69) is 40.4 Å². The summed E-state index contributed by atoms with van der Waals surface area (Å²) in [7, 11) is 0. The predicted octanol–water partition coefficient (Wildman–Crippen LogP) is 3.94. The monoisotopic (exact) mass is 374 g/mol. The molecule has 0 radical (unpaired) electrons. The van der Waals surface area contributed by atoms with Crippen LogP contribution in [0, 0.1) is 0 Å². The lowest BCUT2D eigenvalue weighted by Crippen LogP contribution is -2.33. The van der Waals surface area contributed by atoms with Crippen molar-refractivity contribution in [3.05, 3.63) is 64.1 Å². The zero-order valence-electron chi connectivity index (χ0n) is 13.1. The Hall–Kier alpha value is -2.14. The van der Waals surface area contributed by atoms with E-state index in [-0.39, 0.29) is 18.4 Å². The van der Waals surface area contributed by atoms with Gasteiger partial charge in [-0.05, 0) is 51.7 Å². The maximum Gasteiger partial charge on any atom is 0.252 e. The van der Waals surface area contributed by atoms with Gasteiger partial charge in [0.1, 0.15) is 0 Å². The fraction of sp³-hybridized carbons (Fsp3) is 0.222.